The number of hydrogen-bond acceptors (Lipinski definition) is 2. The van der Waals surface area contributed by atoms with Crippen molar-refractivity contribution in [3.05, 3.63) is 0 Å². The quantitative estimate of drug-likeness (QED) is 0.298. The van der Waals surface area contributed by atoms with Gasteiger partial charge >= 0.3 is 51.4 Å². The molecule has 0 aliphatic rings. The molecule has 0 atom stereocenters. The summed E-state index contributed by atoms with van der Waals surface area (Å²) in [6.07, 6.45) is 20.4. The molecule has 0 aromatic carbocycles. The first-order valence-corrected chi connectivity index (χ1v) is 10.2. The summed E-state index contributed by atoms with van der Waals surface area (Å²) in [5.41, 5.74) is 0. The Kier molecular flexibility index (Phi) is 29.5. The Morgan fingerprint density at radius 3 is 0.909 bits per heavy atom. The maximum atomic E-state index is 8.77. The Balaban J connectivity index is -0.000000520. The van der Waals surface area contributed by atoms with Crippen LogP contribution in [0.5, 0.6) is 0 Å². The van der Waals surface area contributed by atoms with Gasteiger partial charge in [0.05, 0.1) is 0 Å². The molecule has 0 saturated carbocycles. The van der Waals surface area contributed by atoms with Gasteiger partial charge in [-0.1, -0.05) is 104 Å². The maximum Gasteiger partial charge on any atom is 1.00 e. The topological polar surface area (TPSA) is 80.6 Å². The van der Waals surface area contributed by atoms with E-state index in [2.05, 4.69) is 13.8 Å². The van der Waals surface area contributed by atoms with E-state index in [0.29, 0.717) is 0 Å². The molecule has 0 unspecified atom stereocenters. The van der Waals surface area contributed by atoms with E-state index in [9.17, 15) is 0 Å². The molecule has 6 heteroatoms. The molecule has 0 fully saturated rings. The molecule has 0 aliphatic carbocycles. The second-order valence-electron chi connectivity index (χ2n) is 5.73. The van der Waals surface area contributed by atoms with Gasteiger partial charge in [-0.05, 0) is 0 Å². The van der Waals surface area contributed by atoms with Crippen LogP contribution in [-0.4, -0.2) is 9.79 Å². The summed E-state index contributed by atoms with van der Waals surface area (Å²) < 4.78 is 8.77. The van der Waals surface area contributed by atoms with Gasteiger partial charge in [-0.2, -0.15) is 0 Å². The van der Waals surface area contributed by atoms with E-state index in [0.717, 1.165) is 0 Å². The fourth-order valence-corrected chi connectivity index (χ4v) is 2.27. The maximum absolute atomic E-state index is 8.77. The van der Waals surface area contributed by atoms with Crippen molar-refractivity contribution in [2.45, 2.75) is 104 Å². The molecule has 0 aliphatic heterocycles. The molecule has 0 spiro atoms. The van der Waals surface area contributed by atoms with Crippen molar-refractivity contribution < 1.29 is 70.6 Å². The smallest absolute Gasteiger partial charge is 0.756 e. The van der Waals surface area contributed by atoms with Crippen molar-refractivity contribution in [2.24, 2.45) is 0 Å². The minimum absolute atomic E-state index is 0. The number of unbranched alkanes of at least 4 members (excludes halogenated alkanes) is 13. The Bertz CT molecular complexity index is 212. The van der Waals surface area contributed by atoms with E-state index in [1.54, 1.807) is 0 Å². The van der Waals surface area contributed by atoms with Gasteiger partial charge in [0.25, 0.3) is 7.82 Å². The van der Waals surface area contributed by atoms with Crippen LogP contribution < -0.4 is 56.3 Å². The van der Waals surface area contributed by atoms with E-state index in [1.807, 2.05) is 0 Å². The average Bonchev–Trinajstić information content (AvgIpc) is 2.38. The van der Waals surface area contributed by atoms with Gasteiger partial charge in [-0.15, -0.1) is 0 Å². The Morgan fingerprint density at radius 2 is 0.773 bits per heavy atom. The SMILES string of the molecule is CCCCCCCCCCCCCCCC.O=P([O-])(O)O.[K+]. The zero-order valence-electron chi connectivity index (χ0n) is 15.1. The molecule has 0 saturated heterocycles. The van der Waals surface area contributed by atoms with E-state index < -0.39 is 7.82 Å². The third-order valence-electron chi connectivity index (χ3n) is 3.46. The molecule has 22 heavy (non-hydrogen) atoms. The zero-order valence-corrected chi connectivity index (χ0v) is 19.1. The summed E-state index contributed by atoms with van der Waals surface area (Å²) in [5, 5.41) is 0. The molecule has 130 valence electrons. The molecule has 0 bridgehead atoms. The molecule has 0 aromatic heterocycles. The third kappa shape index (κ3) is 43.0. The molecule has 0 rings (SSSR count). The Labute approximate surface area is 180 Å². The summed E-state index contributed by atoms with van der Waals surface area (Å²) in [6.45, 7) is 4.58. The molecule has 2 N–H and O–H groups in total. The average molecular weight is 363 g/mol. The van der Waals surface area contributed by atoms with Gasteiger partial charge in [-0.3, -0.25) is 4.57 Å². The van der Waals surface area contributed by atoms with Crippen LogP contribution >= 0.6 is 7.82 Å². The van der Waals surface area contributed by atoms with E-state index in [4.69, 9.17) is 19.2 Å². The monoisotopic (exact) mass is 362 g/mol. The number of rotatable bonds is 13. The van der Waals surface area contributed by atoms with Gasteiger partial charge in [-0.25, -0.2) is 0 Å². The summed E-state index contributed by atoms with van der Waals surface area (Å²) in [4.78, 5) is 22.9. The standard InChI is InChI=1S/C16H34.K.H3O4P/c1-3-5-7-9-11-13-15-16-14-12-10-8-6-4-2;;1-5(2,3)4/h3-16H2,1-2H3;;(H3,1,2,3,4)/q;+1;/p-1. The van der Waals surface area contributed by atoms with Crippen molar-refractivity contribution in [1.29, 1.82) is 0 Å². The molecular formula is C16H36KO4P. The molecule has 0 heterocycles. The number of hydrogen-bond donors (Lipinski definition) is 2. The van der Waals surface area contributed by atoms with Crippen LogP contribution in [0.4, 0.5) is 0 Å². The van der Waals surface area contributed by atoms with Crippen LogP contribution in [0.1, 0.15) is 104 Å². The van der Waals surface area contributed by atoms with Gasteiger partial charge < -0.3 is 14.7 Å². The van der Waals surface area contributed by atoms with Crippen molar-refractivity contribution in [3.63, 3.8) is 0 Å². The normalized spacial score (nSPS) is 10.6. The van der Waals surface area contributed by atoms with Crippen LogP contribution in [0.3, 0.4) is 0 Å². The summed E-state index contributed by atoms with van der Waals surface area (Å²) >= 11 is 0. The third-order valence-corrected chi connectivity index (χ3v) is 3.46. The van der Waals surface area contributed by atoms with E-state index >= 15 is 0 Å². The molecular weight excluding hydrogens is 326 g/mol. The second kappa shape index (κ2) is 22.7. The zero-order chi connectivity index (χ0) is 16.4. The predicted molar refractivity (Wildman–Crippen MR) is 88.0 cm³/mol. The molecule has 0 radical (unpaired) electrons. The molecule has 0 amide bonds. The molecule has 0 aromatic rings. The fraction of sp³-hybridized carbons (Fsp3) is 1.00. The fourth-order valence-electron chi connectivity index (χ4n) is 2.27. The second-order valence-corrected chi connectivity index (χ2v) is 6.71. The van der Waals surface area contributed by atoms with Gasteiger partial charge in [0.2, 0.25) is 0 Å². The van der Waals surface area contributed by atoms with Crippen LogP contribution in [0, 0.1) is 0 Å². The van der Waals surface area contributed by atoms with Crippen LogP contribution in [0.25, 0.3) is 0 Å². The number of phosphoric acid groups is 1. The first kappa shape index (κ1) is 28.5. The van der Waals surface area contributed by atoms with E-state index in [-0.39, 0.29) is 51.4 Å². The van der Waals surface area contributed by atoms with Gasteiger partial charge in [0, 0.05) is 0 Å². The minimum atomic E-state index is -4.89. The van der Waals surface area contributed by atoms with Crippen molar-refractivity contribution in [3.8, 4) is 0 Å². The largest absolute Gasteiger partial charge is 1.00 e. The Morgan fingerprint density at radius 1 is 0.636 bits per heavy atom. The summed E-state index contributed by atoms with van der Waals surface area (Å²) in [6, 6.07) is 0. The summed E-state index contributed by atoms with van der Waals surface area (Å²) in [5.74, 6) is 0. The van der Waals surface area contributed by atoms with Gasteiger partial charge in [0.15, 0.2) is 0 Å². The Hall–Kier alpha value is 1.75. The van der Waals surface area contributed by atoms with Gasteiger partial charge in [0.1, 0.15) is 0 Å². The molecule has 4 nitrogen and oxygen atoms in total. The first-order chi connectivity index (χ1) is 9.91. The first-order valence-electron chi connectivity index (χ1n) is 8.68. The van der Waals surface area contributed by atoms with Crippen LogP contribution in [0.15, 0.2) is 0 Å². The van der Waals surface area contributed by atoms with Crippen molar-refractivity contribution in [2.75, 3.05) is 0 Å². The predicted octanol–water partition coefficient (Wildman–Crippen LogP) is 1.93. The minimum Gasteiger partial charge on any atom is -0.756 e. The summed E-state index contributed by atoms with van der Waals surface area (Å²) in [7, 11) is -4.89. The van der Waals surface area contributed by atoms with E-state index in [1.165, 1.54) is 89.9 Å². The van der Waals surface area contributed by atoms with Crippen molar-refractivity contribution >= 4 is 7.82 Å². The van der Waals surface area contributed by atoms with Crippen LogP contribution in [0.2, 0.25) is 0 Å². The van der Waals surface area contributed by atoms with Crippen molar-refractivity contribution in [1.82, 2.24) is 0 Å². The van der Waals surface area contributed by atoms with Crippen LogP contribution in [-0.2, 0) is 4.57 Å².